The highest BCUT2D eigenvalue weighted by atomic mass is 16.5. The summed E-state index contributed by atoms with van der Waals surface area (Å²) >= 11 is 0. The summed E-state index contributed by atoms with van der Waals surface area (Å²) in [5.41, 5.74) is 6.60. The number of benzene rings is 1. The van der Waals surface area contributed by atoms with E-state index in [-0.39, 0.29) is 18.4 Å². The van der Waals surface area contributed by atoms with Gasteiger partial charge in [-0.1, -0.05) is 6.07 Å². The average molecular weight is 277 g/mol. The molecule has 1 aliphatic rings. The summed E-state index contributed by atoms with van der Waals surface area (Å²) in [5, 5.41) is 2.35. The molecule has 3 N–H and O–H groups in total. The van der Waals surface area contributed by atoms with Crippen molar-refractivity contribution in [1.29, 1.82) is 0 Å². The molecule has 2 amide bonds. The van der Waals surface area contributed by atoms with Gasteiger partial charge >= 0.3 is 0 Å². The molecule has 0 spiro atoms. The molecule has 0 aliphatic carbocycles. The first-order chi connectivity index (χ1) is 9.34. The number of nitrogens with zero attached hydrogens (tertiary/aromatic N) is 1. The third-order valence-corrected chi connectivity index (χ3v) is 3.60. The molecule has 0 atom stereocenters. The Morgan fingerprint density at radius 2 is 2.10 bits per heavy atom. The number of rotatable bonds is 3. The van der Waals surface area contributed by atoms with Gasteiger partial charge in [-0.25, -0.2) is 0 Å². The van der Waals surface area contributed by atoms with Crippen molar-refractivity contribution in [2.75, 3.05) is 19.4 Å². The molecule has 0 saturated carbocycles. The highest BCUT2D eigenvalue weighted by Gasteiger charge is 2.40. The lowest BCUT2D eigenvalue weighted by Gasteiger charge is -2.40. The Balaban J connectivity index is 2.21. The number of methoxy groups -OCH3 is 1. The molecule has 1 aromatic rings. The number of carbonyl (C=O) groups is 2. The maximum absolute atomic E-state index is 11.9. The largest absolute Gasteiger partial charge is 0.495 e. The molecule has 1 saturated heterocycles. The van der Waals surface area contributed by atoms with Crippen molar-refractivity contribution in [2.45, 2.75) is 25.9 Å². The summed E-state index contributed by atoms with van der Waals surface area (Å²) in [6.45, 7) is 4.24. The fourth-order valence-corrected chi connectivity index (χ4v) is 2.19. The molecule has 0 radical (unpaired) electrons. The van der Waals surface area contributed by atoms with Crippen LogP contribution in [0.15, 0.2) is 18.2 Å². The van der Waals surface area contributed by atoms with Gasteiger partial charge in [0.15, 0.2) is 0 Å². The van der Waals surface area contributed by atoms with Gasteiger partial charge in [0.25, 0.3) is 0 Å². The van der Waals surface area contributed by atoms with Gasteiger partial charge in [0.05, 0.1) is 24.9 Å². The van der Waals surface area contributed by atoms with E-state index in [4.69, 9.17) is 10.5 Å². The summed E-state index contributed by atoms with van der Waals surface area (Å²) in [6.07, 6.45) is 0. The summed E-state index contributed by atoms with van der Waals surface area (Å²) in [4.78, 5) is 25.2. The lowest BCUT2D eigenvalue weighted by atomic mass is 9.97. The lowest BCUT2D eigenvalue weighted by Crippen LogP contribution is -2.63. The van der Waals surface area contributed by atoms with Gasteiger partial charge in [-0.05, 0) is 31.5 Å². The Labute approximate surface area is 117 Å². The minimum Gasteiger partial charge on any atom is -0.495 e. The Hall–Kier alpha value is -2.08. The Morgan fingerprint density at radius 3 is 2.70 bits per heavy atom. The van der Waals surface area contributed by atoms with Gasteiger partial charge in [0, 0.05) is 6.54 Å². The first-order valence-electron chi connectivity index (χ1n) is 6.36. The van der Waals surface area contributed by atoms with Crippen LogP contribution in [0.1, 0.15) is 19.4 Å². The molecular formula is C14H19N3O3. The van der Waals surface area contributed by atoms with Crippen LogP contribution in [0.2, 0.25) is 0 Å². The minimum atomic E-state index is -0.734. The van der Waals surface area contributed by atoms with Crippen molar-refractivity contribution in [1.82, 2.24) is 10.2 Å². The highest BCUT2D eigenvalue weighted by Crippen LogP contribution is 2.25. The number of piperazine rings is 1. The lowest BCUT2D eigenvalue weighted by molar-refractivity contribution is -0.145. The van der Waals surface area contributed by atoms with E-state index in [1.807, 2.05) is 11.0 Å². The number of anilines is 1. The van der Waals surface area contributed by atoms with Crippen LogP contribution in [0.25, 0.3) is 0 Å². The molecule has 1 aromatic carbocycles. The van der Waals surface area contributed by atoms with Crippen LogP contribution in [0, 0.1) is 0 Å². The predicted molar refractivity (Wildman–Crippen MR) is 75.0 cm³/mol. The second kappa shape index (κ2) is 5.13. The number of nitrogens with two attached hydrogens (primary N) is 1. The third kappa shape index (κ3) is 2.60. The van der Waals surface area contributed by atoms with Crippen molar-refractivity contribution >= 4 is 17.5 Å². The van der Waals surface area contributed by atoms with Crippen LogP contribution in [0.4, 0.5) is 5.69 Å². The summed E-state index contributed by atoms with van der Waals surface area (Å²) < 4.78 is 5.11. The van der Waals surface area contributed by atoms with E-state index >= 15 is 0 Å². The second-order valence-corrected chi connectivity index (χ2v) is 5.37. The van der Waals surface area contributed by atoms with Gasteiger partial charge in [-0.2, -0.15) is 0 Å². The van der Waals surface area contributed by atoms with Crippen LogP contribution in [0.3, 0.4) is 0 Å². The van der Waals surface area contributed by atoms with Gasteiger partial charge < -0.3 is 10.5 Å². The molecule has 1 aliphatic heterocycles. The van der Waals surface area contributed by atoms with Crippen molar-refractivity contribution in [3.63, 3.8) is 0 Å². The van der Waals surface area contributed by atoms with Gasteiger partial charge in [0.2, 0.25) is 11.8 Å². The summed E-state index contributed by atoms with van der Waals surface area (Å²) in [7, 11) is 1.56. The molecule has 0 aromatic heterocycles. The SMILES string of the molecule is COc1ccc(CN2CC(=O)NC(=O)C2(C)C)cc1N. The molecule has 1 heterocycles. The predicted octanol–water partition coefficient (Wildman–Crippen LogP) is 0.514. The van der Waals surface area contributed by atoms with Gasteiger partial charge in [-0.3, -0.25) is 19.8 Å². The van der Waals surface area contributed by atoms with E-state index in [1.54, 1.807) is 33.1 Å². The van der Waals surface area contributed by atoms with Crippen molar-refractivity contribution < 1.29 is 14.3 Å². The summed E-state index contributed by atoms with van der Waals surface area (Å²) in [5.74, 6) is 0.0477. The van der Waals surface area contributed by atoms with Crippen LogP contribution >= 0.6 is 0 Å². The Morgan fingerprint density at radius 1 is 1.40 bits per heavy atom. The molecule has 6 heteroatoms. The van der Waals surface area contributed by atoms with E-state index in [1.165, 1.54) is 0 Å². The van der Waals surface area contributed by atoms with Crippen molar-refractivity contribution in [2.24, 2.45) is 0 Å². The zero-order valence-electron chi connectivity index (χ0n) is 11.9. The average Bonchev–Trinajstić information content (AvgIpc) is 2.36. The van der Waals surface area contributed by atoms with Crippen LogP contribution in [0.5, 0.6) is 5.75 Å². The number of nitrogens with one attached hydrogen (secondary N) is 1. The van der Waals surface area contributed by atoms with Crippen molar-refractivity contribution in [3.05, 3.63) is 23.8 Å². The van der Waals surface area contributed by atoms with E-state index < -0.39 is 5.54 Å². The standard InChI is InChI=1S/C14H19N3O3/c1-14(2)13(19)16-12(18)8-17(14)7-9-4-5-11(20-3)10(15)6-9/h4-6H,7-8,15H2,1-3H3,(H,16,18,19). The number of amides is 2. The smallest absolute Gasteiger partial charge is 0.246 e. The number of hydrogen-bond donors (Lipinski definition) is 2. The second-order valence-electron chi connectivity index (χ2n) is 5.37. The van der Waals surface area contributed by atoms with E-state index in [0.717, 1.165) is 5.56 Å². The number of nitrogen functional groups attached to an aromatic ring is 1. The zero-order valence-corrected chi connectivity index (χ0v) is 11.9. The number of imide groups is 1. The first-order valence-corrected chi connectivity index (χ1v) is 6.36. The molecule has 0 bridgehead atoms. The number of hydrogen-bond acceptors (Lipinski definition) is 5. The number of ether oxygens (including phenoxy) is 1. The maximum Gasteiger partial charge on any atom is 0.246 e. The molecular weight excluding hydrogens is 258 g/mol. The Kier molecular flexibility index (Phi) is 3.67. The van der Waals surface area contributed by atoms with E-state index in [2.05, 4.69) is 5.32 Å². The zero-order chi connectivity index (χ0) is 14.9. The molecule has 6 nitrogen and oxygen atoms in total. The molecule has 20 heavy (non-hydrogen) atoms. The van der Waals surface area contributed by atoms with E-state index in [0.29, 0.717) is 18.0 Å². The first kappa shape index (κ1) is 14.3. The number of carbonyl (C=O) groups excluding carboxylic acids is 2. The highest BCUT2D eigenvalue weighted by molar-refractivity contribution is 6.02. The van der Waals surface area contributed by atoms with Crippen LogP contribution in [-0.2, 0) is 16.1 Å². The van der Waals surface area contributed by atoms with Crippen LogP contribution < -0.4 is 15.8 Å². The fraction of sp³-hybridized carbons (Fsp3) is 0.429. The van der Waals surface area contributed by atoms with Crippen LogP contribution in [-0.4, -0.2) is 35.9 Å². The summed E-state index contributed by atoms with van der Waals surface area (Å²) in [6, 6.07) is 5.46. The maximum atomic E-state index is 11.9. The molecule has 2 rings (SSSR count). The minimum absolute atomic E-state index is 0.185. The van der Waals surface area contributed by atoms with Gasteiger partial charge in [-0.15, -0.1) is 0 Å². The van der Waals surface area contributed by atoms with Crippen molar-refractivity contribution in [3.8, 4) is 5.75 Å². The Bertz CT molecular complexity index is 555. The molecule has 0 unspecified atom stereocenters. The third-order valence-electron chi connectivity index (χ3n) is 3.60. The van der Waals surface area contributed by atoms with E-state index in [9.17, 15) is 9.59 Å². The normalized spacial score (nSPS) is 18.8. The molecule has 1 fully saturated rings. The molecule has 108 valence electrons. The van der Waals surface area contributed by atoms with Gasteiger partial charge in [0.1, 0.15) is 5.75 Å². The monoisotopic (exact) mass is 277 g/mol. The quantitative estimate of drug-likeness (QED) is 0.621. The topological polar surface area (TPSA) is 84.7 Å². The fourth-order valence-electron chi connectivity index (χ4n) is 2.19.